The van der Waals surface area contributed by atoms with Crippen molar-refractivity contribution in [1.29, 1.82) is 0 Å². The Bertz CT molecular complexity index is 432. The average molecular weight is 220 g/mol. The molecule has 1 nitrogen and oxygen atoms in total. The van der Waals surface area contributed by atoms with E-state index in [4.69, 9.17) is 0 Å². The molecule has 0 unspecified atom stereocenters. The van der Waals surface area contributed by atoms with Gasteiger partial charge in [0.05, 0.1) is 0 Å². The molecule has 0 spiro atoms. The Balaban J connectivity index is 2.67. The monoisotopic (exact) mass is 220 g/mol. The third kappa shape index (κ3) is 1.83. The van der Waals surface area contributed by atoms with Gasteiger partial charge in [0.1, 0.15) is 0 Å². The highest BCUT2D eigenvalue weighted by Gasteiger charge is 2.33. The van der Waals surface area contributed by atoms with E-state index < -0.39 is 0 Å². The number of aryl methyl sites for hydroxylation is 2. The number of hydrogen-bond donors (Lipinski definition) is 0. The third-order valence-corrected chi connectivity index (χ3v) is 4.07. The van der Waals surface area contributed by atoms with Gasteiger partial charge < -0.3 is 0 Å². The van der Waals surface area contributed by atoms with Crippen LogP contribution in [0.2, 0.25) is 0 Å². The van der Waals surface area contributed by atoms with Crippen LogP contribution in [0.4, 0.5) is 0 Å². The van der Waals surface area contributed by atoms with Crippen LogP contribution in [0.5, 0.6) is 0 Å². The van der Waals surface area contributed by atoms with Gasteiger partial charge in [-0.1, -0.05) is 43.3 Å². The van der Waals surface area contributed by atoms with E-state index in [1.807, 2.05) is 0 Å². The Labute approximate surface area is 95.3 Å². The summed E-state index contributed by atoms with van der Waals surface area (Å²) in [6, 6.07) is 4.38. The van der Waals surface area contributed by atoms with E-state index in [1.165, 1.54) is 33.3 Å². The summed E-state index contributed by atoms with van der Waals surface area (Å²) in [7, 11) is 0. The summed E-state index contributed by atoms with van der Waals surface area (Å²) in [5, 5.41) is 0.291. The van der Waals surface area contributed by atoms with Gasteiger partial charge in [0.15, 0.2) is 5.12 Å². The van der Waals surface area contributed by atoms with Crippen molar-refractivity contribution in [1.82, 2.24) is 0 Å². The topological polar surface area (TPSA) is 17.1 Å². The van der Waals surface area contributed by atoms with E-state index in [1.54, 1.807) is 0 Å². The van der Waals surface area contributed by atoms with Crippen LogP contribution in [0.3, 0.4) is 0 Å². The summed E-state index contributed by atoms with van der Waals surface area (Å²) < 4.78 is 0. The van der Waals surface area contributed by atoms with Crippen LogP contribution in [0.1, 0.15) is 37.0 Å². The lowest BCUT2D eigenvalue weighted by molar-refractivity contribution is -0.112. The molecular weight excluding hydrogens is 204 g/mol. The lowest BCUT2D eigenvalue weighted by Gasteiger charge is -2.32. The Morgan fingerprint density at radius 1 is 1.27 bits per heavy atom. The molecule has 2 rings (SSSR count). The molecule has 0 aromatic heterocycles. The summed E-state index contributed by atoms with van der Waals surface area (Å²) in [4.78, 5) is 12.8. The van der Waals surface area contributed by atoms with E-state index in [-0.39, 0.29) is 5.41 Å². The first-order valence-corrected chi connectivity index (χ1v) is 6.04. The lowest BCUT2D eigenvalue weighted by atomic mass is 9.80. The fourth-order valence-corrected chi connectivity index (χ4v) is 3.52. The van der Waals surface area contributed by atoms with Crippen molar-refractivity contribution >= 4 is 16.9 Å². The van der Waals surface area contributed by atoms with Gasteiger partial charge in [-0.15, -0.1) is 0 Å². The quantitative estimate of drug-likeness (QED) is 0.664. The smallest absolute Gasteiger partial charge is 0.194 e. The second kappa shape index (κ2) is 3.38. The van der Waals surface area contributed by atoms with Crippen LogP contribution < -0.4 is 0 Å². The van der Waals surface area contributed by atoms with Crippen molar-refractivity contribution < 1.29 is 4.79 Å². The van der Waals surface area contributed by atoms with Crippen molar-refractivity contribution in [3.8, 4) is 0 Å². The number of benzene rings is 1. The van der Waals surface area contributed by atoms with Crippen LogP contribution in [0.15, 0.2) is 17.0 Å². The minimum absolute atomic E-state index is 0.00551. The molecule has 0 N–H and O–H groups in total. The summed E-state index contributed by atoms with van der Waals surface area (Å²) >= 11 is 1.41. The van der Waals surface area contributed by atoms with Crippen molar-refractivity contribution in [3.63, 3.8) is 0 Å². The van der Waals surface area contributed by atoms with Crippen molar-refractivity contribution in [2.75, 3.05) is 0 Å². The van der Waals surface area contributed by atoms with Gasteiger partial charge in [-0.05, 0) is 30.4 Å². The maximum atomic E-state index is 11.6. The molecule has 1 heterocycles. The zero-order valence-electron chi connectivity index (χ0n) is 9.68. The first-order chi connectivity index (χ1) is 6.90. The number of carbonyl (C=O) groups excluding carboxylic acids is 1. The predicted molar refractivity (Wildman–Crippen MR) is 64.4 cm³/mol. The maximum Gasteiger partial charge on any atom is 0.194 e. The molecular formula is C13H16OS. The van der Waals surface area contributed by atoms with Gasteiger partial charge in [0.25, 0.3) is 0 Å². The molecule has 80 valence electrons. The van der Waals surface area contributed by atoms with Crippen molar-refractivity contribution in [2.45, 2.75) is 44.4 Å². The average Bonchev–Trinajstić information content (AvgIpc) is 2.06. The van der Waals surface area contributed by atoms with Crippen LogP contribution >= 0.6 is 11.8 Å². The minimum Gasteiger partial charge on any atom is -0.287 e. The first kappa shape index (κ1) is 10.7. The Kier molecular flexibility index (Phi) is 2.42. The highest BCUT2D eigenvalue weighted by atomic mass is 32.2. The summed E-state index contributed by atoms with van der Waals surface area (Å²) in [6.07, 6.45) is 0.646. The second-order valence-corrected chi connectivity index (χ2v) is 6.06. The Hall–Kier alpha value is -0.760. The zero-order valence-corrected chi connectivity index (χ0v) is 10.5. The fourth-order valence-electron chi connectivity index (χ4n) is 2.20. The van der Waals surface area contributed by atoms with E-state index in [9.17, 15) is 4.79 Å². The SMILES string of the molecule is Cc1cc(C)c2c(c1)C(C)(C)CC(=O)S2. The molecule has 15 heavy (non-hydrogen) atoms. The number of hydrogen-bond acceptors (Lipinski definition) is 2. The van der Waals surface area contributed by atoms with Gasteiger partial charge in [-0.2, -0.15) is 0 Å². The Morgan fingerprint density at radius 2 is 1.93 bits per heavy atom. The molecule has 0 amide bonds. The second-order valence-electron chi connectivity index (χ2n) is 4.99. The van der Waals surface area contributed by atoms with Crippen molar-refractivity contribution in [2.24, 2.45) is 0 Å². The minimum atomic E-state index is -0.00551. The molecule has 0 saturated carbocycles. The molecule has 0 aliphatic carbocycles. The molecule has 0 bridgehead atoms. The molecule has 0 atom stereocenters. The van der Waals surface area contributed by atoms with E-state index in [0.717, 1.165) is 0 Å². The van der Waals surface area contributed by atoms with Gasteiger partial charge in [0.2, 0.25) is 0 Å². The van der Waals surface area contributed by atoms with Crippen LogP contribution in [-0.4, -0.2) is 5.12 Å². The molecule has 1 aliphatic rings. The largest absolute Gasteiger partial charge is 0.287 e. The lowest BCUT2D eigenvalue weighted by Crippen LogP contribution is -2.26. The first-order valence-electron chi connectivity index (χ1n) is 5.22. The summed E-state index contributed by atoms with van der Waals surface area (Å²) in [5.41, 5.74) is 3.85. The highest BCUT2D eigenvalue weighted by molar-refractivity contribution is 8.13. The number of carbonyl (C=O) groups is 1. The van der Waals surface area contributed by atoms with E-state index in [2.05, 4.69) is 39.8 Å². The van der Waals surface area contributed by atoms with Gasteiger partial charge in [-0.25, -0.2) is 0 Å². The van der Waals surface area contributed by atoms with Crippen LogP contribution in [-0.2, 0) is 10.2 Å². The summed E-state index contributed by atoms with van der Waals surface area (Å²) in [6.45, 7) is 8.52. The number of thioether (sulfide) groups is 1. The molecule has 0 saturated heterocycles. The van der Waals surface area contributed by atoms with Gasteiger partial charge >= 0.3 is 0 Å². The fraction of sp³-hybridized carbons (Fsp3) is 0.462. The molecule has 1 aromatic carbocycles. The molecule has 1 aromatic rings. The zero-order chi connectivity index (χ0) is 11.2. The van der Waals surface area contributed by atoms with E-state index >= 15 is 0 Å². The predicted octanol–water partition coefficient (Wildman–Crippen LogP) is 3.60. The summed E-state index contributed by atoms with van der Waals surface area (Å²) in [5.74, 6) is 0. The molecule has 1 aliphatic heterocycles. The standard InChI is InChI=1S/C13H16OS/c1-8-5-9(2)12-10(6-8)13(3,4)7-11(14)15-12/h5-6H,7H2,1-4H3. The normalized spacial score (nSPS) is 18.8. The Morgan fingerprint density at radius 3 is 2.60 bits per heavy atom. The van der Waals surface area contributed by atoms with Gasteiger partial charge in [-0.3, -0.25) is 4.79 Å². The number of rotatable bonds is 0. The number of fused-ring (bicyclic) bond motifs is 1. The van der Waals surface area contributed by atoms with Crippen LogP contribution in [0, 0.1) is 13.8 Å². The highest BCUT2D eigenvalue weighted by Crippen LogP contribution is 2.44. The molecule has 0 fully saturated rings. The van der Waals surface area contributed by atoms with Gasteiger partial charge in [0, 0.05) is 11.3 Å². The van der Waals surface area contributed by atoms with E-state index in [0.29, 0.717) is 11.5 Å². The third-order valence-electron chi connectivity index (χ3n) is 2.95. The van der Waals surface area contributed by atoms with Crippen molar-refractivity contribution in [3.05, 3.63) is 28.8 Å². The van der Waals surface area contributed by atoms with Crippen LogP contribution in [0.25, 0.3) is 0 Å². The molecule has 0 radical (unpaired) electrons. The maximum absolute atomic E-state index is 11.6. The molecule has 2 heteroatoms.